The summed E-state index contributed by atoms with van der Waals surface area (Å²) in [6, 6.07) is 18.3. The van der Waals surface area contributed by atoms with Gasteiger partial charge in [0, 0.05) is 39.1 Å². The summed E-state index contributed by atoms with van der Waals surface area (Å²) in [6.07, 6.45) is 7.45. The summed E-state index contributed by atoms with van der Waals surface area (Å²) in [5.74, 6) is 1.39. The Morgan fingerprint density at radius 2 is 1.61 bits per heavy atom. The fraction of sp³-hybridized carbons (Fsp3) is 0.500. The molecule has 5 rings (SSSR count). The number of piperazine rings is 1. The maximum absolute atomic E-state index is 13.5. The largest absolute Gasteiger partial charge is 0.459 e. The number of rotatable bonds is 8. The van der Waals surface area contributed by atoms with Crippen LogP contribution in [0, 0.1) is 11.8 Å². The van der Waals surface area contributed by atoms with E-state index in [4.69, 9.17) is 9.47 Å². The van der Waals surface area contributed by atoms with Crippen molar-refractivity contribution in [2.24, 2.45) is 11.8 Å². The molecule has 192 valence electrons. The van der Waals surface area contributed by atoms with E-state index >= 15 is 0 Å². The molecular formula is C30H38N2O4. The Morgan fingerprint density at radius 1 is 0.917 bits per heavy atom. The van der Waals surface area contributed by atoms with Crippen molar-refractivity contribution < 1.29 is 19.4 Å². The van der Waals surface area contributed by atoms with Gasteiger partial charge < -0.3 is 19.5 Å². The summed E-state index contributed by atoms with van der Waals surface area (Å²) in [5.41, 5.74) is 3.22. The first-order chi connectivity index (χ1) is 17.7. The van der Waals surface area contributed by atoms with Gasteiger partial charge in [0.25, 0.3) is 5.91 Å². The number of aliphatic hydroxyl groups is 1. The predicted molar refractivity (Wildman–Crippen MR) is 138 cm³/mol. The molecule has 1 saturated carbocycles. The van der Waals surface area contributed by atoms with Crippen molar-refractivity contribution in [3.63, 3.8) is 0 Å². The lowest BCUT2D eigenvalue weighted by molar-refractivity contribution is -0.161. The molecule has 0 unspecified atom stereocenters. The number of aliphatic hydroxyl groups excluding tert-OH is 1. The highest BCUT2D eigenvalue weighted by molar-refractivity contribution is 5.91. The van der Waals surface area contributed by atoms with Crippen LogP contribution in [0.1, 0.15) is 48.8 Å². The monoisotopic (exact) mass is 490 g/mol. The fourth-order valence-corrected chi connectivity index (χ4v) is 5.69. The van der Waals surface area contributed by atoms with Gasteiger partial charge in [0.15, 0.2) is 5.76 Å². The molecule has 6 heteroatoms. The molecule has 1 amide bonds. The zero-order valence-corrected chi connectivity index (χ0v) is 21.1. The van der Waals surface area contributed by atoms with Crippen LogP contribution in [0.3, 0.4) is 0 Å². The van der Waals surface area contributed by atoms with Crippen molar-refractivity contribution in [1.82, 2.24) is 9.80 Å². The summed E-state index contributed by atoms with van der Waals surface area (Å²) in [6.45, 7) is 4.53. The van der Waals surface area contributed by atoms with Crippen molar-refractivity contribution in [1.29, 1.82) is 0 Å². The van der Waals surface area contributed by atoms with Crippen LogP contribution < -0.4 is 0 Å². The number of amides is 1. The lowest BCUT2D eigenvalue weighted by atomic mass is 9.86. The molecular weight excluding hydrogens is 452 g/mol. The Balaban J connectivity index is 1.20. The summed E-state index contributed by atoms with van der Waals surface area (Å²) >= 11 is 0. The third-order valence-corrected chi connectivity index (χ3v) is 7.85. The van der Waals surface area contributed by atoms with E-state index in [-0.39, 0.29) is 12.5 Å². The van der Waals surface area contributed by atoms with Crippen LogP contribution in [0.4, 0.5) is 0 Å². The van der Waals surface area contributed by atoms with Gasteiger partial charge in [0.2, 0.25) is 6.29 Å². The molecule has 2 aliphatic heterocycles. The SMILES string of the molecule is O=C(C1=C[C@H](C2CCCC2)C[C@H](OCc2ccc(CO)cc2)O1)N1CCN(Cc2ccccc2)CC1. The molecule has 2 heterocycles. The number of nitrogens with zero attached hydrogens (tertiary/aromatic N) is 2. The van der Waals surface area contributed by atoms with Gasteiger partial charge in [-0.15, -0.1) is 0 Å². The molecule has 2 aromatic carbocycles. The van der Waals surface area contributed by atoms with E-state index in [0.717, 1.165) is 37.2 Å². The molecule has 1 N–H and O–H groups in total. The van der Waals surface area contributed by atoms with Gasteiger partial charge in [-0.05, 0) is 47.4 Å². The molecule has 1 aliphatic carbocycles. The van der Waals surface area contributed by atoms with E-state index in [2.05, 4.69) is 35.2 Å². The number of hydrogen-bond acceptors (Lipinski definition) is 5. The second-order valence-electron chi connectivity index (χ2n) is 10.4. The average Bonchev–Trinajstić information content (AvgIpc) is 3.48. The smallest absolute Gasteiger partial charge is 0.288 e. The first-order valence-corrected chi connectivity index (χ1v) is 13.4. The Hall–Kier alpha value is -2.67. The molecule has 6 nitrogen and oxygen atoms in total. The van der Waals surface area contributed by atoms with Gasteiger partial charge in [-0.3, -0.25) is 9.69 Å². The number of benzene rings is 2. The maximum atomic E-state index is 13.5. The van der Waals surface area contributed by atoms with Crippen LogP contribution in [0.15, 0.2) is 66.4 Å². The summed E-state index contributed by atoms with van der Waals surface area (Å²) in [4.78, 5) is 17.9. The van der Waals surface area contributed by atoms with E-state index in [0.29, 0.717) is 37.3 Å². The summed E-state index contributed by atoms with van der Waals surface area (Å²) in [5, 5.41) is 9.27. The molecule has 0 radical (unpaired) electrons. The Morgan fingerprint density at radius 3 is 2.31 bits per heavy atom. The highest BCUT2D eigenvalue weighted by Gasteiger charge is 2.35. The molecule has 36 heavy (non-hydrogen) atoms. The highest BCUT2D eigenvalue weighted by atomic mass is 16.7. The molecule has 1 saturated heterocycles. The second kappa shape index (κ2) is 12.0. The van der Waals surface area contributed by atoms with Crippen LogP contribution >= 0.6 is 0 Å². The van der Waals surface area contributed by atoms with E-state index < -0.39 is 6.29 Å². The predicted octanol–water partition coefficient (Wildman–Crippen LogP) is 4.48. The lowest BCUT2D eigenvalue weighted by Gasteiger charge is -2.37. The molecule has 2 aromatic rings. The minimum Gasteiger partial charge on any atom is -0.459 e. The average molecular weight is 491 g/mol. The van der Waals surface area contributed by atoms with E-state index in [1.807, 2.05) is 35.2 Å². The highest BCUT2D eigenvalue weighted by Crippen LogP contribution is 2.38. The normalized spacial score (nSPS) is 23.4. The van der Waals surface area contributed by atoms with Crippen molar-refractivity contribution in [2.75, 3.05) is 26.2 Å². The minimum absolute atomic E-state index is 0.00189. The first-order valence-electron chi connectivity index (χ1n) is 13.4. The van der Waals surface area contributed by atoms with Crippen molar-refractivity contribution >= 4 is 5.91 Å². The van der Waals surface area contributed by atoms with Gasteiger partial charge in [-0.25, -0.2) is 0 Å². The topological polar surface area (TPSA) is 62.2 Å². The first kappa shape index (κ1) is 25.0. The van der Waals surface area contributed by atoms with Crippen LogP contribution in [0.5, 0.6) is 0 Å². The van der Waals surface area contributed by atoms with Crippen LogP contribution in [-0.4, -0.2) is 53.3 Å². The number of carbonyl (C=O) groups excluding carboxylic acids is 1. The molecule has 2 fully saturated rings. The van der Waals surface area contributed by atoms with E-state index in [1.165, 1.54) is 31.2 Å². The van der Waals surface area contributed by atoms with Gasteiger partial charge >= 0.3 is 0 Å². The van der Waals surface area contributed by atoms with Gasteiger partial charge in [0.05, 0.1) is 13.2 Å². The Labute approximate surface area is 214 Å². The van der Waals surface area contributed by atoms with E-state index in [9.17, 15) is 9.90 Å². The van der Waals surface area contributed by atoms with Gasteiger partial charge in [-0.1, -0.05) is 67.4 Å². The number of carbonyl (C=O) groups is 1. The Kier molecular flexibility index (Phi) is 8.36. The molecule has 3 aliphatic rings. The minimum atomic E-state index is -0.420. The Bertz CT molecular complexity index is 1010. The molecule has 2 atom stereocenters. The van der Waals surface area contributed by atoms with E-state index in [1.54, 1.807) is 0 Å². The lowest BCUT2D eigenvalue weighted by Crippen LogP contribution is -2.49. The maximum Gasteiger partial charge on any atom is 0.288 e. The number of allylic oxidation sites excluding steroid dienone is 1. The fourth-order valence-electron chi connectivity index (χ4n) is 5.69. The standard InChI is InChI=1S/C30H38N2O4/c33-21-24-10-12-25(13-11-24)22-35-29-19-27(26-8-4-5-9-26)18-28(36-29)30(34)32-16-14-31(15-17-32)20-23-6-2-1-3-7-23/h1-3,6-7,10-13,18,26-27,29,33H,4-5,8-9,14-17,19-22H2/t27-,29+/m0/s1. The molecule has 0 spiro atoms. The van der Waals surface area contributed by atoms with Crippen molar-refractivity contribution in [3.8, 4) is 0 Å². The molecule has 0 aromatic heterocycles. The summed E-state index contributed by atoms with van der Waals surface area (Å²) < 4.78 is 12.4. The second-order valence-corrected chi connectivity index (χ2v) is 10.4. The van der Waals surface area contributed by atoms with Crippen LogP contribution in [0.2, 0.25) is 0 Å². The molecule has 0 bridgehead atoms. The number of ether oxygens (including phenoxy) is 2. The number of hydrogen-bond donors (Lipinski definition) is 1. The zero-order chi connectivity index (χ0) is 24.7. The summed E-state index contributed by atoms with van der Waals surface area (Å²) in [7, 11) is 0. The van der Waals surface area contributed by atoms with Gasteiger partial charge in [0.1, 0.15) is 0 Å². The van der Waals surface area contributed by atoms with Crippen LogP contribution in [0.25, 0.3) is 0 Å². The zero-order valence-electron chi connectivity index (χ0n) is 21.1. The van der Waals surface area contributed by atoms with Crippen molar-refractivity contribution in [3.05, 3.63) is 83.1 Å². The quantitative estimate of drug-likeness (QED) is 0.591. The van der Waals surface area contributed by atoms with Crippen LogP contribution in [-0.2, 0) is 34.0 Å². The third kappa shape index (κ3) is 6.36. The third-order valence-electron chi connectivity index (χ3n) is 7.85. The van der Waals surface area contributed by atoms with Crippen molar-refractivity contribution in [2.45, 2.75) is 58.2 Å². The van der Waals surface area contributed by atoms with Gasteiger partial charge in [-0.2, -0.15) is 0 Å².